The third kappa shape index (κ3) is 6.65. The Kier molecular flexibility index (Phi) is 8.07. The Bertz CT molecular complexity index is 1150. The van der Waals surface area contributed by atoms with Crippen molar-refractivity contribution in [1.29, 1.82) is 0 Å². The maximum absolute atomic E-state index is 13.8. The Morgan fingerprint density at radius 1 is 1.00 bits per heavy atom. The predicted octanol–water partition coefficient (Wildman–Crippen LogP) is 3.34. The average Bonchev–Trinajstić information content (AvgIpc) is 3.23. The van der Waals surface area contributed by atoms with Gasteiger partial charge in [-0.15, -0.1) is 0 Å². The van der Waals surface area contributed by atoms with Crippen LogP contribution in [0.15, 0.2) is 48.5 Å². The summed E-state index contributed by atoms with van der Waals surface area (Å²) in [5.74, 6) is -4.12. The van der Waals surface area contributed by atoms with Crippen molar-refractivity contribution < 1.29 is 33.1 Å². The fourth-order valence-electron chi connectivity index (χ4n) is 4.10. The smallest absolute Gasteiger partial charge is 0.305 e. The summed E-state index contributed by atoms with van der Waals surface area (Å²) in [6, 6.07) is 8.97. The molecule has 2 aromatic rings. The predicted molar refractivity (Wildman–Crippen MR) is 127 cm³/mol. The summed E-state index contributed by atoms with van der Waals surface area (Å²) in [6.07, 6.45) is -1.76. The third-order valence-electron chi connectivity index (χ3n) is 5.71. The number of hydrogen-bond acceptors (Lipinski definition) is 4. The Labute approximate surface area is 207 Å². The monoisotopic (exact) mass is 501 g/mol. The van der Waals surface area contributed by atoms with Crippen LogP contribution in [0.4, 0.5) is 8.78 Å². The van der Waals surface area contributed by atoms with Crippen molar-refractivity contribution in [2.75, 3.05) is 13.1 Å². The largest absolute Gasteiger partial charge is 0.481 e. The Morgan fingerprint density at radius 3 is 2.22 bits per heavy atom. The highest BCUT2D eigenvalue weighted by Gasteiger charge is 2.44. The Hall–Kier alpha value is -3.82. The fraction of sp³-hybridized carbons (Fsp3) is 0.385. The minimum absolute atomic E-state index is 0.0125. The van der Waals surface area contributed by atoms with Crippen molar-refractivity contribution in [3.8, 4) is 0 Å². The zero-order chi connectivity index (χ0) is 26.6. The van der Waals surface area contributed by atoms with Gasteiger partial charge in [0.15, 0.2) is 6.17 Å². The van der Waals surface area contributed by atoms with Crippen molar-refractivity contribution in [3.05, 3.63) is 71.3 Å². The Balaban J connectivity index is 1.94. The molecule has 1 fully saturated rings. The minimum Gasteiger partial charge on any atom is -0.481 e. The van der Waals surface area contributed by atoms with Crippen LogP contribution < -0.4 is 5.32 Å². The van der Waals surface area contributed by atoms with Gasteiger partial charge in [0, 0.05) is 25.1 Å². The van der Waals surface area contributed by atoms with E-state index in [0.29, 0.717) is 5.56 Å². The molecular formula is C26H29F2N3O5. The van der Waals surface area contributed by atoms with Crippen molar-refractivity contribution in [2.45, 2.75) is 45.8 Å². The van der Waals surface area contributed by atoms with E-state index < -0.39 is 53.5 Å². The summed E-state index contributed by atoms with van der Waals surface area (Å²) >= 11 is 0. The van der Waals surface area contributed by atoms with Crippen LogP contribution in [0.25, 0.3) is 0 Å². The van der Waals surface area contributed by atoms with E-state index in [0.717, 1.165) is 18.2 Å². The second kappa shape index (κ2) is 10.8. The van der Waals surface area contributed by atoms with Gasteiger partial charge in [0.2, 0.25) is 5.91 Å². The van der Waals surface area contributed by atoms with E-state index in [1.54, 1.807) is 0 Å². The molecule has 0 radical (unpaired) electrons. The van der Waals surface area contributed by atoms with Crippen LogP contribution in [0.5, 0.6) is 0 Å². The van der Waals surface area contributed by atoms with E-state index in [1.807, 2.05) is 20.8 Å². The molecule has 0 aromatic heterocycles. The highest BCUT2D eigenvalue weighted by atomic mass is 19.1. The molecule has 0 spiro atoms. The zero-order valence-corrected chi connectivity index (χ0v) is 20.3. The first kappa shape index (κ1) is 26.8. The van der Waals surface area contributed by atoms with Gasteiger partial charge in [0.1, 0.15) is 11.6 Å². The first-order valence-corrected chi connectivity index (χ1v) is 11.5. The van der Waals surface area contributed by atoms with Gasteiger partial charge in [-0.1, -0.05) is 39.0 Å². The second-order valence-corrected chi connectivity index (χ2v) is 9.92. The van der Waals surface area contributed by atoms with E-state index in [9.17, 15) is 33.1 Å². The first-order valence-electron chi connectivity index (χ1n) is 11.5. The molecule has 2 aromatic carbocycles. The van der Waals surface area contributed by atoms with Gasteiger partial charge < -0.3 is 20.2 Å². The number of rotatable bonds is 7. The second-order valence-electron chi connectivity index (χ2n) is 9.92. The fourth-order valence-corrected chi connectivity index (χ4v) is 4.10. The number of carboxylic acid groups (broad SMARTS) is 1. The third-order valence-corrected chi connectivity index (χ3v) is 5.71. The molecule has 2 unspecified atom stereocenters. The number of carbonyl (C=O) groups is 4. The van der Waals surface area contributed by atoms with E-state index in [4.69, 9.17) is 0 Å². The van der Waals surface area contributed by atoms with Gasteiger partial charge in [0.25, 0.3) is 11.8 Å². The van der Waals surface area contributed by atoms with E-state index >= 15 is 0 Å². The van der Waals surface area contributed by atoms with Crippen LogP contribution in [-0.4, -0.2) is 57.9 Å². The first-order chi connectivity index (χ1) is 16.9. The van der Waals surface area contributed by atoms with Gasteiger partial charge >= 0.3 is 5.97 Å². The van der Waals surface area contributed by atoms with Crippen LogP contribution in [0.1, 0.15) is 55.6 Å². The highest BCUT2D eigenvalue weighted by molar-refractivity contribution is 5.99. The van der Waals surface area contributed by atoms with Crippen molar-refractivity contribution >= 4 is 23.7 Å². The minimum atomic E-state index is -1.37. The van der Waals surface area contributed by atoms with Crippen LogP contribution >= 0.6 is 0 Å². The molecule has 2 N–H and O–H groups in total. The molecule has 1 heterocycles. The van der Waals surface area contributed by atoms with E-state index in [-0.39, 0.29) is 31.0 Å². The molecule has 1 aliphatic rings. The van der Waals surface area contributed by atoms with Gasteiger partial charge in [-0.3, -0.25) is 19.2 Å². The highest BCUT2D eigenvalue weighted by Crippen LogP contribution is 2.26. The lowest BCUT2D eigenvalue weighted by molar-refractivity contribution is -0.143. The van der Waals surface area contributed by atoms with Crippen molar-refractivity contribution in [2.24, 2.45) is 5.41 Å². The standard InChI is InChI=1S/C26H29F2N3O5/c1-26(2,3)15-21(32)30-11-12-31(25(36)17-5-4-6-19(28)13-17)24(30)23(35)29-20(14-22(33)34)16-7-9-18(27)10-8-16/h4-10,13,20,24H,11-12,14-15H2,1-3H3,(H,29,35)(H,33,34). The summed E-state index contributed by atoms with van der Waals surface area (Å²) in [6.45, 7) is 5.70. The summed E-state index contributed by atoms with van der Waals surface area (Å²) in [7, 11) is 0. The van der Waals surface area contributed by atoms with Crippen LogP contribution in [0.2, 0.25) is 0 Å². The van der Waals surface area contributed by atoms with Gasteiger partial charge in [-0.05, 0) is 41.3 Å². The summed E-state index contributed by atoms with van der Waals surface area (Å²) in [5, 5.41) is 12.0. The number of benzene rings is 2. The number of carbonyl (C=O) groups excluding carboxylic acids is 3. The lowest BCUT2D eigenvalue weighted by Crippen LogP contribution is -2.54. The van der Waals surface area contributed by atoms with Gasteiger partial charge in [-0.25, -0.2) is 8.78 Å². The van der Waals surface area contributed by atoms with Gasteiger partial charge in [0.05, 0.1) is 12.5 Å². The van der Waals surface area contributed by atoms with Crippen molar-refractivity contribution in [1.82, 2.24) is 15.1 Å². The number of nitrogens with zero attached hydrogens (tertiary/aromatic N) is 2. The summed E-state index contributed by atoms with van der Waals surface area (Å²) in [4.78, 5) is 53.8. The molecule has 192 valence electrons. The molecule has 3 amide bonds. The van der Waals surface area contributed by atoms with Gasteiger partial charge in [-0.2, -0.15) is 0 Å². The van der Waals surface area contributed by atoms with Crippen LogP contribution in [0.3, 0.4) is 0 Å². The summed E-state index contributed by atoms with van der Waals surface area (Å²) in [5.41, 5.74) is -0.0304. The topological polar surface area (TPSA) is 107 Å². The van der Waals surface area contributed by atoms with Crippen LogP contribution in [-0.2, 0) is 14.4 Å². The quantitative estimate of drug-likeness (QED) is 0.605. The number of amides is 3. The number of nitrogens with one attached hydrogen (secondary N) is 1. The molecule has 0 bridgehead atoms. The van der Waals surface area contributed by atoms with E-state index in [2.05, 4.69) is 5.32 Å². The molecule has 1 saturated heterocycles. The normalized spacial score (nSPS) is 16.5. The number of aliphatic carboxylic acids is 1. The number of halogens is 2. The van der Waals surface area contributed by atoms with Crippen LogP contribution in [0, 0.1) is 17.0 Å². The molecule has 1 aliphatic heterocycles. The average molecular weight is 502 g/mol. The molecular weight excluding hydrogens is 472 g/mol. The molecule has 0 aliphatic carbocycles. The summed E-state index contributed by atoms with van der Waals surface area (Å²) < 4.78 is 27.2. The number of carboxylic acids is 1. The van der Waals surface area contributed by atoms with E-state index in [1.165, 1.54) is 40.1 Å². The lowest BCUT2D eigenvalue weighted by atomic mass is 9.91. The molecule has 8 nitrogen and oxygen atoms in total. The Morgan fingerprint density at radius 2 is 1.64 bits per heavy atom. The molecule has 10 heteroatoms. The SMILES string of the molecule is CC(C)(C)CC(=O)N1CCN(C(=O)c2cccc(F)c2)C1C(=O)NC(CC(=O)O)c1ccc(F)cc1. The van der Waals surface area contributed by atoms with Crippen molar-refractivity contribution in [3.63, 3.8) is 0 Å². The molecule has 36 heavy (non-hydrogen) atoms. The maximum Gasteiger partial charge on any atom is 0.305 e. The number of hydrogen-bond donors (Lipinski definition) is 2. The maximum atomic E-state index is 13.8. The molecule has 3 rings (SSSR count). The molecule has 0 saturated carbocycles. The zero-order valence-electron chi connectivity index (χ0n) is 20.3. The molecule has 2 atom stereocenters. The lowest BCUT2D eigenvalue weighted by Gasteiger charge is -2.32.